The quantitative estimate of drug-likeness (QED) is 0.838. The predicted molar refractivity (Wildman–Crippen MR) is 77.0 cm³/mol. The van der Waals surface area contributed by atoms with E-state index >= 15 is 0 Å². The first-order chi connectivity index (χ1) is 8.04. The zero-order valence-electron chi connectivity index (χ0n) is 11.9. The van der Waals surface area contributed by atoms with Crippen LogP contribution in [0.2, 0.25) is 0 Å². The highest BCUT2D eigenvalue weighted by Crippen LogP contribution is 2.39. The lowest BCUT2D eigenvalue weighted by Crippen LogP contribution is -2.41. The summed E-state index contributed by atoms with van der Waals surface area (Å²) in [6.45, 7) is 10.6. The minimum atomic E-state index is 0. The van der Waals surface area contributed by atoms with E-state index in [9.17, 15) is 4.79 Å². The van der Waals surface area contributed by atoms with E-state index in [0.29, 0.717) is 17.2 Å². The van der Waals surface area contributed by atoms with Gasteiger partial charge in [0.15, 0.2) is 0 Å². The van der Waals surface area contributed by atoms with E-state index in [1.54, 1.807) is 0 Å². The molecule has 2 aliphatic heterocycles. The van der Waals surface area contributed by atoms with Crippen molar-refractivity contribution >= 4 is 18.3 Å². The van der Waals surface area contributed by atoms with E-state index in [4.69, 9.17) is 0 Å². The van der Waals surface area contributed by atoms with E-state index in [2.05, 4.69) is 31.0 Å². The fourth-order valence-electron chi connectivity index (χ4n) is 3.06. The Hall–Kier alpha value is -0.280. The largest absolute Gasteiger partial charge is 0.342 e. The molecule has 106 valence electrons. The second kappa shape index (κ2) is 6.25. The maximum absolute atomic E-state index is 12.3. The number of nitrogens with one attached hydrogen (secondary N) is 1. The molecule has 2 saturated heterocycles. The van der Waals surface area contributed by atoms with Gasteiger partial charge in [0.25, 0.3) is 0 Å². The Bertz CT molecular complexity index is 288. The highest BCUT2D eigenvalue weighted by molar-refractivity contribution is 5.85. The molecule has 0 aromatic heterocycles. The van der Waals surface area contributed by atoms with Gasteiger partial charge in [-0.2, -0.15) is 0 Å². The van der Waals surface area contributed by atoms with Gasteiger partial charge in [0.2, 0.25) is 5.91 Å². The maximum atomic E-state index is 12.3. The number of rotatable bonds is 2. The molecule has 1 amide bonds. The second-order valence-corrected chi connectivity index (χ2v) is 6.29. The molecule has 0 bridgehead atoms. The van der Waals surface area contributed by atoms with E-state index in [0.717, 1.165) is 26.2 Å². The molecular formula is C14H27ClN2O. The molecule has 0 aromatic rings. The van der Waals surface area contributed by atoms with Crippen molar-refractivity contribution in [2.75, 3.05) is 26.2 Å². The Morgan fingerprint density at radius 1 is 1.17 bits per heavy atom. The zero-order valence-corrected chi connectivity index (χ0v) is 12.7. The van der Waals surface area contributed by atoms with Crippen LogP contribution in [0.1, 0.15) is 40.0 Å². The Balaban J connectivity index is 0.00000162. The third-order valence-corrected chi connectivity index (χ3v) is 4.80. The van der Waals surface area contributed by atoms with Crippen molar-refractivity contribution in [1.82, 2.24) is 10.2 Å². The van der Waals surface area contributed by atoms with E-state index in [1.165, 1.54) is 19.3 Å². The molecule has 2 aliphatic rings. The van der Waals surface area contributed by atoms with Crippen molar-refractivity contribution in [3.05, 3.63) is 0 Å². The minimum Gasteiger partial charge on any atom is -0.342 e. The van der Waals surface area contributed by atoms with Gasteiger partial charge in [-0.25, -0.2) is 0 Å². The van der Waals surface area contributed by atoms with Crippen LogP contribution >= 0.6 is 12.4 Å². The third kappa shape index (κ3) is 3.18. The molecule has 2 fully saturated rings. The first kappa shape index (κ1) is 15.8. The Labute approximate surface area is 117 Å². The molecular weight excluding hydrogens is 248 g/mol. The van der Waals surface area contributed by atoms with Crippen molar-refractivity contribution in [3.8, 4) is 0 Å². The van der Waals surface area contributed by atoms with Crippen LogP contribution < -0.4 is 5.32 Å². The summed E-state index contributed by atoms with van der Waals surface area (Å²) in [6.07, 6.45) is 3.70. The highest BCUT2D eigenvalue weighted by atomic mass is 35.5. The van der Waals surface area contributed by atoms with Crippen molar-refractivity contribution in [2.45, 2.75) is 40.0 Å². The standard InChI is InChI=1S/C14H26N2O.ClH/c1-11(2)12(3)13(17)16-9-6-14(10-16)4-7-15-8-5-14;/h11-12,15H,4-10H2,1-3H3;1H. The van der Waals surface area contributed by atoms with Crippen molar-refractivity contribution in [2.24, 2.45) is 17.3 Å². The van der Waals surface area contributed by atoms with Gasteiger partial charge < -0.3 is 10.2 Å². The molecule has 2 rings (SSSR count). The summed E-state index contributed by atoms with van der Waals surface area (Å²) in [6, 6.07) is 0. The summed E-state index contributed by atoms with van der Waals surface area (Å²) in [5.74, 6) is 0.995. The maximum Gasteiger partial charge on any atom is 0.225 e. The van der Waals surface area contributed by atoms with Crippen LogP contribution in [-0.2, 0) is 4.79 Å². The molecule has 0 aliphatic carbocycles. The number of nitrogens with zero attached hydrogens (tertiary/aromatic N) is 1. The molecule has 1 N–H and O–H groups in total. The van der Waals surface area contributed by atoms with Crippen LogP contribution in [0.4, 0.5) is 0 Å². The lowest BCUT2D eigenvalue weighted by Gasteiger charge is -2.34. The molecule has 1 spiro atoms. The summed E-state index contributed by atoms with van der Waals surface area (Å²) in [7, 11) is 0. The second-order valence-electron chi connectivity index (χ2n) is 6.29. The number of likely N-dealkylation sites (tertiary alicyclic amines) is 1. The van der Waals surface area contributed by atoms with Gasteiger partial charge in [-0.1, -0.05) is 20.8 Å². The Morgan fingerprint density at radius 2 is 1.78 bits per heavy atom. The number of hydrogen-bond donors (Lipinski definition) is 1. The molecule has 18 heavy (non-hydrogen) atoms. The molecule has 4 heteroatoms. The Kier molecular flexibility index (Phi) is 5.47. The lowest BCUT2D eigenvalue weighted by atomic mass is 9.78. The number of halogens is 1. The molecule has 1 unspecified atom stereocenters. The normalized spacial score (nSPS) is 24.1. The molecule has 1 atom stereocenters. The summed E-state index contributed by atoms with van der Waals surface area (Å²) in [5, 5.41) is 3.42. The van der Waals surface area contributed by atoms with E-state index in [1.807, 2.05) is 0 Å². The van der Waals surface area contributed by atoms with Gasteiger partial charge in [0, 0.05) is 19.0 Å². The van der Waals surface area contributed by atoms with Crippen molar-refractivity contribution in [3.63, 3.8) is 0 Å². The van der Waals surface area contributed by atoms with Gasteiger partial charge in [0.05, 0.1) is 0 Å². The number of piperidine rings is 1. The van der Waals surface area contributed by atoms with Crippen LogP contribution in [0.15, 0.2) is 0 Å². The minimum absolute atomic E-state index is 0. The van der Waals surface area contributed by atoms with Crippen molar-refractivity contribution < 1.29 is 4.79 Å². The first-order valence-corrected chi connectivity index (χ1v) is 7.04. The van der Waals surface area contributed by atoms with Crippen LogP contribution in [-0.4, -0.2) is 37.0 Å². The summed E-state index contributed by atoms with van der Waals surface area (Å²) >= 11 is 0. The molecule has 0 aromatic carbocycles. The van der Waals surface area contributed by atoms with Gasteiger partial charge >= 0.3 is 0 Å². The van der Waals surface area contributed by atoms with Crippen molar-refractivity contribution in [1.29, 1.82) is 0 Å². The molecule has 3 nitrogen and oxygen atoms in total. The predicted octanol–water partition coefficient (Wildman–Crippen LogP) is 2.30. The first-order valence-electron chi connectivity index (χ1n) is 7.04. The number of carbonyl (C=O) groups is 1. The van der Waals surface area contributed by atoms with E-state index < -0.39 is 0 Å². The van der Waals surface area contributed by atoms with Gasteiger partial charge in [-0.15, -0.1) is 12.4 Å². The molecule has 0 saturated carbocycles. The fraction of sp³-hybridized carbons (Fsp3) is 0.929. The van der Waals surface area contributed by atoms with E-state index in [-0.39, 0.29) is 18.3 Å². The average molecular weight is 275 g/mol. The Morgan fingerprint density at radius 3 is 2.33 bits per heavy atom. The smallest absolute Gasteiger partial charge is 0.225 e. The number of amides is 1. The molecule has 2 heterocycles. The number of hydrogen-bond acceptors (Lipinski definition) is 2. The van der Waals surface area contributed by atoms with Crippen LogP contribution in [0.25, 0.3) is 0 Å². The lowest BCUT2D eigenvalue weighted by molar-refractivity contribution is -0.135. The fourth-order valence-corrected chi connectivity index (χ4v) is 3.06. The average Bonchev–Trinajstić information content (AvgIpc) is 2.72. The third-order valence-electron chi connectivity index (χ3n) is 4.80. The zero-order chi connectivity index (χ0) is 12.5. The summed E-state index contributed by atoms with van der Waals surface area (Å²) < 4.78 is 0. The molecule has 0 radical (unpaired) electrons. The summed E-state index contributed by atoms with van der Waals surface area (Å²) in [5.41, 5.74) is 0.442. The van der Waals surface area contributed by atoms with Crippen LogP contribution in [0, 0.1) is 17.3 Å². The van der Waals surface area contributed by atoms with Crippen LogP contribution in [0.3, 0.4) is 0 Å². The van der Waals surface area contributed by atoms with Crippen LogP contribution in [0.5, 0.6) is 0 Å². The SMILES string of the molecule is CC(C)C(C)C(=O)N1CCC2(CCNCC2)C1.Cl. The summed E-state index contributed by atoms with van der Waals surface area (Å²) in [4.78, 5) is 14.4. The van der Waals surface area contributed by atoms with Gasteiger partial charge in [-0.3, -0.25) is 4.79 Å². The van der Waals surface area contributed by atoms with Gasteiger partial charge in [0.1, 0.15) is 0 Å². The monoisotopic (exact) mass is 274 g/mol. The topological polar surface area (TPSA) is 32.3 Å². The highest BCUT2D eigenvalue weighted by Gasteiger charge is 2.41. The number of carbonyl (C=O) groups excluding carboxylic acids is 1. The van der Waals surface area contributed by atoms with Gasteiger partial charge in [-0.05, 0) is 43.7 Å².